The second-order valence-corrected chi connectivity index (χ2v) is 4.73. The molecule has 0 saturated carbocycles. The van der Waals surface area contributed by atoms with E-state index >= 15 is 0 Å². The molecule has 0 aliphatic carbocycles. The van der Waals surface area contributed by atoms with Crippen LogP contribution in [0.1, 0.15) is 44.6 Å². The molecule has 2 heteroatoms. The van der Waals surface area contributed by atoms with E-state index in [2.05, 4.69) is 38.6 Å². The zero-order valence-electron chi connectivity index (χ0n) is 10.2. The first kappa shape index (κ1) is 13.6. The predicted molar refractivity (Wildman–Crippen MR) is 73.2 cm³/mol. The van der Waals surface area contributed by atoms with E-state index in [-0.39, 0.29) is 5.92 Å². The third-order valence-corrected chi connectivity index (χ3v) is 3.75. The summed E-state index contributed by atoms with van der Waals surface area (Å²) in [5.74, 6) is 1.00. The molecule has 0 amide bonds. The third-order valence-electron chi connectivity index (χ3n) is 3.49. The van der Waals surface area contributed by atoms with E-state index in [9.17, 15) is 5.11 Å². The van der Waals surface area contributed by atoms with Crippen molar-refractivity contribution in [3.8, 4) is 0 Å². The van der Waals surface area contributed by atoms with Crippen molar-refractivity contribution in [1.29, 1.82) is 0 Å². The van der Waals surface area contributed by atoms with Gasteiger partial charge in [-0.3, -0.25) is 0 Å². The Kier molecular flexibility index (Phi) is 5.36. The van der Waals surface area contributed by atoms with Crippen LogP contribution in [0.2, 0.25) is 0 Å². The molecule has 0 heterocycles. The Hall–Kier alpha value is -0.470. The van der Waals surface area contributed by atoms with Crippen molar-refractivity contribution >= 4 is 12.6 Å². The minimum absolute atomic E-state index is 0.196. The highest BCUT2D eigenvalue weighted by molar-refractivity contribution is 7.80. The summed E-state index contributed by atoms with van der Waals surface area (Å²) in [6, 6.07) is 10.3. The van der Waals surface area contributed by atoms with Gasteiger partial charge in [0.25, 0.3) is 0 Å². The molecule has 0 bridgehead atoms. The number of rotatable bonds is 6. The normalized spacial score (nSPS) is 13.8. The highest BCUT2D eigenvalue weighted by Crippen LogP contribution is 2.36. The molecule has 0 aromatic heterocycles. The summed E-state index contributed by atoms with van der Waals surface area (Å²) in [7, 11) is 0. The lowest BCUT2D eigenvalue weighted by atomic mass is 9.77. The molecular formula is C14H22OS. The maximum atomic E-state index is 10.6. The van der Waals surface area contributed by atoms with Gasteiger partial charge in [0.1, 0.15) is 0 Å². The van der Waals surface area contributed by atoms with Gasteiger partial charge in [-0.15, -0.1) is 0 Å². The largest absolute Gasteiger partial charge is 0.389 e. The quantitative estimate of drug-likeness (QED) is 0.725. The van der Waals surface area contributed by atoms with Crippen molar-refractivity contribution in [3.63, 3.8) is 0 Å². The van der Waals surface area contributed by atoms with Gasteiger partial charge in [-0.2, -0.15) is 12.6 Å². The van der Waals surface area contributed by atoms with Crippen molar-refractivity contribution in [2.24, 2.45) is 0 Å². The van der Waals surface area contributed by atoms with Gasteiger partial charge in [-0.05, 0) is 30.6 Å². The van der Waals surface area contributed by atoms with Crippen LogP contribution in [0.25, 0.3) is 0 Å². The van der Waals surface area contributed by atoms with Gasteiger partial charge in [-0.1, -0.05) is 44.2 Å². The first-order chi connectivity index (χ1) is 7.68. The van der Waals surface area contributed by atoms with Crippen molar-refractivity contribution in [1.82, 2.24) is 0 Å². The molecule has 1 atom stereocenters. The first-order valence-corrected chi connectivity index (χ1v) is 6.69. The van der Waals surface area contributed by atoms with Crippen LogP contribution in [0.3, 0.4) is 0 Å². The zero-order chi connectivity index (χ0) is 12.0. The van der Waals surface area contributed by atoms with Crippen LogP contribution >= 0.6 is 12.6 Å². The first-order valence-electron chi connectivity index (χ1n) is 6.06. The van der Waals surface area contributed by atoms with Crippen molar-refractivity contribution in [3.05, 3.63) is 35.9 Å². The lowest BCUT2D eigenvalue weighted by Gasteiger charge is -2.35. The van der Waals surface area contributed by atoms with Gasteiger partial charge in [-0.25, -0.2) is 0 Å². The maximum absolute atomic E-state index is 10.6. The Morgan fingerprint density at radius 2 is 1.75 bits per heavy atom. The summed E-state index contributed by atoms with van der Waals surface area (Å²) < 4.78 is 0. The molecule has 0 spiro atoms. The van der Waals surface area contributed by atoms with E-state index in [0.717, 1.165) is 25.0 Å². The van der Waals surface area contributed by atoms with Crippen LogP contribution in [0.5, 0.6) is 0 Å². The molecule has 1 rings (SSSR count). The van der Waals surface area contributed by atoms with E-state index in [0.29, 0.717) is 0 Å². The van der Waals surface area contributed by atoms with E-state index in [1.807, 2.05) is 18.2 Å². The van der Waals surface area contributed by atoms with Crippen LogP contribution in [0, 0.1) is 0 Å². The molecule has 1 aromatic carbocycles. The molecule has 0 saturated heterocycles. The summed E-state index contributed by atoms with van der Waals surface area (Å²) in [6.45, 7) is 4.11. The summed E-state index contributed by atoms with van der Waals surface area (Å²) in [5, 5.41) is 10.6. The summed E-state index contributed by atoms with van der Waals surface area (Å²) in [6.07, 6.45) is 2.50. The average Bonchev–Trinajstić information content (AvgIpc) is 2.36. The second-order valence-electron chi connectivity index (χ2n) is 4.29. The third kappa shape index (κ3) is 3.02. The molecule has 16 heavy (non-hydrogen) atoms. The molecule has 0 aliphatic heterocycles. The lowest BCUT2D eigenvalue weighted by Crippen LogP contribution is -2.35. The van der Waals surface area contributed by atoms with E-state index in [4.69, 9.17) is 0 Å². The van der Waals surface area contributed by atoms with E-state index in [1.54, 1.807) is 0 Å². The Morgan fingerprint density at radius 3 is 2.19 bits per heavy atom. The van der Waals surface area contributed by atoms with Gasteiger partial charge in [0.2, 0.25) is 0 Å². The Bertz CT molecular complexity index is 293. The SMILES string of the molecule is CCC(O)(CC)C(CCS)c1ccccc1. The fourth-order valence-electron chi connectivity index (χ4n) is 2.30. The molecular weight excluding hydrogens is 216 g/mol. The smallest absolute Gasteiger partial charge is 0.0711 e. The number of thiol groups is 1. The molecule has 0 radical (unpaired) electrons. The van der Waals surface area contributed by atoms with Crippen LogP contribution in [0.4, 0.5) is 0 Å². The van der Waals surface area contributed by atoms with Gasteiger partial charge >= 0.3 is 0 Å². The summed E-state index contributed by atoms with van der Waals surface area (Å²) in [4.78, 5) is 0. The number of hydrogen-bond acceptors (Lipinski definition) is 2. The summed E-state index contributed by atoms with van der Waals surface area (Å²) in [5.41, 5.74) is 0.632. The Balaban J connectivity index is 2.99. The number of benzene rings is 1. The molecule has 1 unspecified atom stereocenters. The fraction of sp³-hybridized carbons (Fsp3) is 0.571. The van der Waals surface area contributed by atoms with Crippen molar-refractivity contribution < 1.29 is 5.11 Å². The molecule has 0 fully saturated rings. The van der Waals surface area contributed by atoms with Gasteiger partial charge in [0.05, 0.1) is 5.60 Å². The van der Waals surface area contributed by atoms with Crippen molar-refractivity contribution in [2.75, 3.05) is 5.75 Å². The van der Waals surface area contributed by atoms with E-state index < -0.39 is 5.60 Å². The van der Waals surface area contributed by atoms with Gasteiger partial charge in [0, 0.05) is 5.92 Å². The number of aliphatic hydroxyl groups is 1. The standard InChI is InChI=1S/C14H22OS/c1-3-14(15,4-2)13(10-11-16)12-8-6-5-7-9-12/h5-9,13,15-16H,3-4,10-11H2,1-2H3. The molecule has 1 N–H and O–H groups in total. The average molecular weight is 238 g/mol. The maximum Gasteiger partial charge on any atom is 0.0711 e. The minimum atomic E-state index is -0.593. The molecule has 90 valence electrons. The van der Waals surface area contributed by atoms with Crippen LogP contribution in [-0.2, 0) is 0 Å². The highest BCUT2D eigenvalue weighted by atomic mass is 32.1. The fourth-order valence-corrected chi connectivity index (χ4v) is 2.56. The molecule has 0 aliphatic rings. The zero-order valence-corrected chi connectivity index (χ0v) is 11.1. The van der Waals surface area contributed by atoms with E-state index in [1.165, 1.54) is 5.56 Å². The highest BCUT2D eigenvalue weighted by Gasteiger charge is 2.33. The van der Waals surface area contributed by atoms with Crippen LogP contribution < -0.4 is 0 Å². The summed E-state index contributed by atoms with van der Waals surface area (Å²) >= 11 is 4.31. The topological polar surface area (TPSA) is 20.2 Å². The Labute approximate surface area is 104 Å². The predicted octanol–water partition coefficient (Wildman–Crippen LogP) is 3.64. The number of hydrogen-bond donors (Lipinski definition) is 2. The molecule has 1 nitrogen and oxygen atoms in total. The lowest BCUT2D eigenvalue weighted by molar-refractivity contribution is 0.00308. The second kappa shape index (κ2) is 6.31. The van der Waals surface area contributed by atoms with Crippen molar-refractivity contribution in [2.45, 2.75) is 44.6 Å². The minimum Gasteiger partial charge on any atom is -0.389 e. The van der Waals surface area contributed by atoms with Crippen LogP contribution in [0.15, 0.2) is 30.3 Å². The Morgan fingerprint density at radius 1 is 1.19 bits per heavy atom. The van der Waals surface area contributed by atoms with Crippen LogP contribution in [-0.4, -0.2) is 16.5 Å². The van der Waals surface area contributed by atoms with Gasteiger partial charge < -0.3 is 5.11 Å². The molecule has 1 aromatic rings. The van der Waals surface area contributed by atoms with Gasteiger partial charge in [0.15, 0.2) is 0 Å². The monoisotopic (exact) mass is 238 g/mol.